The van der Waals surface area contributed by atoms with Crippen molar-refractivity contribution in [2.24, 2.45) is 0 Å². The highest BCUT2D eigenvalue weighted by atomic mass is 16.5. The molecule has 8 nitrogen and oxygen atoms in total. The van der Waals surface area contributed by atoms with Crippen molar-refractivity contribution in [2.75, 3.05) is 13.7 Å². The third kappa shape index (κ3) is 7.83. The molecule has 2 aromatic carbocycles. The summed E-state index contributed by atoms with van der Waals surface area (Å²) in [4.78, 5) is 35.6. The Kier molecular flexibility index (Phi) is 8.68. The molecule has 0 heterocycles. The van der Waals surface area contributed by atoms with E-state index in [-0.39, 0.29) is 18.7 Å². The Morgan fingerprint density at radius 3 is 2.00 bits per heavy atom. The van der Waals surface area contributed by atoms with Crippen LogP contribution in [0.15, 0.2) is 48.5 Å². The SMILES string of the molecule is COc1ccc(CNC(=O)COC(=O)c2ccc(CNC(=O)NC(C)C)cc2)cc1. The lowest BCUT2D eigenvalue weighted by atomic mass is 10.1. The summed E-state index contributed by atoms with van der Waals surface area (Å²) in [7, 11) is 1.59. The zero-order valence-corrected chi connectivity index (χ0v) is 17.4. The summed E-state index contributed by atoms with van der Waals surface area (Å²) in [6.07, 6.45) is 0. The maximum absolute atomic E-state index is 12.1. The van der Waals surface area contributed by atoms with Crippen LogP contribution in [0, 0.1) is 0 Å². The molecule has 8 heteroatoms. The topological polar surface area (TPSA) is 106 Å². The normalized spacial score (nSPS) is 10.3. The zero-order chi connectivity index (χ0) is 21.9. The predicted molar refractivity (Wildman–Crippen MR) is 112 cm³/mol. The van der Waals surface area contributed by atoms with Crippen LogP contribution in [0.4, 0.5) is 4.79 Å². The first-order valence-corrected chi connectivity index (χ1v) is 9.57. The third-order valence-corrected chi connectivity index (χ3v) is 4.05. The van der Waals surface area contributed by atoms with Gasteiger partial charge in [0.1, 0.15) is 5.75 Å². The molecule has 0 saturated heterocycles. The molecular formula is C22H27N3O5. The van der Waals surface area contributed by atoms with Gasteiger partial charge >= 0.3 is 12.0 Å². The second-order valence-electron chi connectivity index (χ2n) is 6.88. The molecule has 0 atom stereocenters. The van der Waals surface area contributed by atoms with E-state index in [1.807, 2.05) is 26.0 Å². The van der Waals surface area contributed by atoms with Crippen molar-refractivity contribution >= 4 is 17.9 Å². The zero-order valence-electron chi connectivity index (χ0n) is 17.4. The number of ether oxygens (including phenoxy) is 2. The highest BCUT2D eigenvalue weighted by Crippen LogP contribution is 2.11. The minimum Gasteiger partial charge on any atom is -0.497 e. The molecule has 0 aliphatic carbocycles. The van der Waals surface area contributed by atoms with Gasteiger partial charge in [0, 0.05) is 19.1 Å². The number of amides is 3. The smallest absolute Gasteiger partial charge is 0.338 e. The maximum Gasteiger partial charge on any atom is 0.338 e. The molecule has 0 saturated carbocycles. The van der Waals surface area contributed by atoms with Crippen LogP contribution >= 0.6 is 0 Å². The minimum absolute atomic E-state index is 0.0514. The second kappa shape index (κ2) is 11.5. The molecule has 160 valence electrons. The maximum atomic E-state index is 12.1. The molecule has 0 aliphatic rings. The molecule has 0 aromatic heterocycles. The number of urea groups is 1. The van der Waals surface area contributed by atoms with E-state index in [9.17, 15) is 14.4 Å². The Labute approximate surface area is 175 Å². The second-order valence-corrected chi connectivity index (χ2v) is 6.88. The number of hydrogen-bond acceptors (Lipinski definition) is 5. The Hall–Kier alpha value is -3.55. The number of carbonyl (C=O) groups excluding carboxylic acids is 3. The number of nitrogens with one attached hydrogen (secondary N) is 3. The van der Waals surface area contributed by atoms with Crippen molar-refractivity contribution < 1.29 is 23.9 Å². The van der Waals surface area contributed by atoms with Crippen LogP contribution in [-0.4, -0.2) is 37.7 Å². The van der Waals surface area contributed by atoms with Crippen LogP contribution in [0.3, 0.4) is 0 Å². The summed E-state index contributed by atoms with van der Waals surface area (Å²) in [6, 6.07) is 13.7. The minimum atomic E-state index is -0.591. The first-order chi connectivity index (χ1) is 14.4. The Morgan fingerprint density at radius 1 is 0.867 bits per heavy atom. The molecule has 30 heavy (non-hydrogen) atoms. The summed E-state index contributed by atoms with van der Waals surface area (Å²) < 4.78 is 10.1. The Morgan fingerprint density at radius 2 is 1.43 bits per heavy atom. The van der Waals surface area contributed by atoms with Gasteiger partial charge in [-0.2, -0.15) is 0 Å². The van der Waals surface area contributed by atoms with Gasteiger partial charge in [-0.15, -0.1) is 0 Å². The standard InChI is InChI=1S/C22H27N3O5/c1-15(2)25-22(28)24-13-16-4-8-18(9-5-16)21(27)30-14-20(26)23-12-17-6-10-19(29-3)11-7-17/h4-11,15H,12-14H2,1-3H3,(H,23,26)(H2,24,25,28). The van der Waals surface area contributed by atoms with Gasteiger partial charge in [0.25, 0.3) is 5.91 Å². The van der Waals surface area contributed by atoms with Crippen LogP contribution in [0.5, 0.6) is 5.75 Å². The van der Waals surface area contributed by atoms with Gasteiger partial charge in [-0.1, -0.05) is 24.3 Å². The first-order valence-electron chi connectivity index (χ1n) is 9.57. The fourth-order valence-electron chi connectivity index (χ4n) is 2.46. The lowest BCUT2D eigenvalue weighted by Crippen LogP contribution is -2.39. The van der Waals surface area contributed by atoms with Crippen LogP contribution in [0.1, 0.15) is 35.3 Å². The Bertz CT molecular complexity index is 848. The summed E-state index contributed by atoms with van der Waals surface area (Å²) in [5.41, 5.74) is 2.07. The van der Waals surface area contributed by atoms with Gasteiger partial charge in [0.05, 0.1) is 12.7 Å². The molecule has 3 amide bonds. The van der Waals surface area contributed by atoms with Gasteiger partial charge in [-0.3, -0.25) is 4.79 Å². The molecule has 0 aliphatic heterocycles. The molecule has 0 bridgehead atoms. The van der Waals surface area contributed by atoms with Crippen molar-refractivity contribution in [1.82, 2.24) is 16.0 Å². The number of rotatable bonds is 9. The van der Waals surface area contributed by atoms with E-state index in [0.29, 0.717) is 18.7 Å². The average molecular weight is 413 g/mol. The number of benzene rings is 2. The van der Waals surface area contributed by atoms with E-state index in [0.717, 1.165) is 16.9 Å². The summed E-state index contributed by atoms with van der Waals surface area (Å²) in [6.45, 7) is 4.04. The average Bonchev–Trinajstić information content (AvgIpc) is 2.74. The number of carbonyl (C=O) groups is 3. The van der Waals surface area contributed by atoms with Gasteiger partial charge < -0.3 is 25.4 Å². The van der Waals surface area contributed by atoms with E-state index in [4.69, 9.17) is 9.47 Å². The van der Waals surface area contributed by atoms with Gasteiger partial charge in [-0.05, 0) is 49.2 Å². The summed E-state index contributed by atoms with van der Waals surface area (Å²) >= 11 is 0. The number of methoxy groups -OCH3 is 1. The van der Waals surface area contributed by atoms with Crippen molar-refractivity contribution in [3.63, 3.8) is 0 Å². The van der Waals surface area contributed by atoms with E-state index >= 15 is 0 Å². The quantitative estimate of drug-likeness (QED) is 0.548. The highest BCUT2D eigenvalue weighted by Gasteiger charge is 2.10. The Balaban J connectivity index is 1.73. The molecule has 0 spiro atoms. The number of hydrogen-bond donors (Lipinski definition) is 3. The first kappa shape index (κ1) is 22.7. The predicted octanol–water partition coefficient (Wildman–Crippen LogP) is 2.38. The van der Waals surface area contributed by atoms with Crippen molar-refractivity contribution in [2.45, 2.75) is 33.0 Å². The fourth-order valence-corrected chi connectivity index (χ4v) is 2.46. The largest absolute Gasteiger partial charge is 0.497 e. The molecule has 2 rings (SSSR count). The van der Waals surface area contributed by atoms with Crippen LogP contribution in [0.2, 0.25) is 0 Å². The highest BCUT2D eigenvalue weighted by molar-refractivity contribution is 5.91. The summed E-state index contributed by atoms with van der Waals surface area (Å²) in [5.74, 6) is -0.248. The van der Waals surface area contributed by atoms with E-state index < -0.39 is 11.9 Å². The van der Waals surface area contributed by atoms with E-state index in [1.165, 1.54) is 0 Å². The fraction of sp³-hybridized carbons (Fsp3) is 0.318. The molecular weight excluding hydrogens is 386 g/mol. The molecule has 2 aromatic rings. The molecule has 0 unspecified atom stereocenters. The van der Waals surface area contributed by atoms with Gasteiger partial charge in [0.15, 0.2) is 6.61 Å². The van der Waals surface area contributed by atoms with Crippen molar-refractivity contribution in [3.8, 4) is 5.75 Å². The van der Waals surface area contributed by atoms with Crippen LogP contribution in [0.25, 0.3) is 0 Å². The molecule has 0 radical (unpaired) electrons. The van der Waals surface area contributed by atoms with E-state index in [2.05, 4.69) is 16.0 Å². The summed E-state index contributed by atoms with van der Waals surface area (Å²) in [5, 5.41) is 8.14. The van der Waals surface area contributed by atoms with Crippen molar-refractivity contribution in [1.29, 1.82) is 0 Å². The monoisotopic (exact) mass is 413 g/mol. The lowest BCUT2D eigenvalue weighted by Gasteiger charge is -2.10. The van der Waals surface area contributed by atoms with E-state index in [1.54, 1.807) is 43.5 Å². The third-order valence-electron chi connectivity index (χ3n) is 4.05. The number of esters is 1. The lowest BCUT2D eigenvalue weighted by molar-refractivity contribution is -0.124. The van der Waals surface area contributed by atoms with Gasteiger partial charge in [0.2, 0.25) is 0 Å². The van der Waals surface area contributed by atoms with Crippen LogP contribution < -0.4 is 20.7 Å². The van der Waals surface area contributed by atoms with Crippen molar-refractivity contribution in [3.05, 3.63) is 65.2 Å². The van der Waals surface area contributed by atoms with Gasteiger partial charge in [-0.25, -0.2) is 9.59 Å². The van der Waals surface area contributed by atoms with Crippen LogP contribution in [-0.2, 0) is 22.6 Å². The molecule has 3 N–H and O–H groups in total. The molecule has 0 fully saturated rings.